The van der Waals surface area contributed by atoms with Gasteiger partial charge in [-0.15, -0.1) is 0 Å². The van der Waals surface area contributed by atoms with Crippen molar-refractivity contribution in [3.8, 4) is 0 Å². The molecule has 0 aromatic heterocycles. The fourth-order valence-electron chi connectivity index (χ4n) is 1.79. The highest BCUT2D eigenvalue weighted by Crippen LogP contribution is 2.17. The van der Waals surface area contributed by atoms with E-state index in [0.717, 1.165) is 50.7 Å². The van der Waals surface area contributed by atoms with Crippen LogP contribution in [0.3, 0.4) is 0 Å². The van der Waals surface area contributed by atoms with Gasteiger partial charge in [0.25, 0.3) is 0 Å². The molecule has 0 aliphatic rings. The van der Waals surface area contributed by atoms with E-state index < -0.39 is 8.56 Å². The largest absolute Gasteiger partial charge is 0.394 e. The fourth-order valence-corrected chi connectivity index (χ4v) is 4.10. The van der Waals surface area contributed by atoms with Gasteiger partial charge in [-0.25, -0.2) is 0 Å². The predicted octanol–water partition coefficient (Wildman–Crippen LogP) is 4.67. The summed E-state index contributed by atoms with van der Waals surface area (Å²) >= 11 is 0. The second kappa shape index (κ2) is 12.6. The lowest BCUT2D eigenvalue weighted by Gasteiger charge is -2.27. The first-order chi connectivity index (χ1) is 9.54. The minimum Gasteiger partial charge on any atom is -0.394 e. The van der Waals surface area contributed by atoms with Gasteiger partial charge in [-0.05, 0) is 38.8 Å². The summed E-state index contributed by atoms with van der Waals surface area (Å²) in [5.74, 6) is 0. The number of ether oxygens (including phenoxy) is 1. The van der Waals surface area contributed by atoms with E-state index in [1.54, 1.807) is 0 Å². The van der Waals surface area contributed by atoms with Crippen LogP contribution in [0.25, 0.3) is 0 Å². The van der Waals surface area contributed by atoms with E-state index >= 15 is 0 Å². The van der Waals surface area contributed by atoms with Crippen LogP contribution in [0, 0.1) is 0 Å². The van der Waals surface area contributed by atoms with Gasteiger partial charge >= 0.3 is 8.56 Å². The second-order valence-electron chi connectivity index (χ2n) is 5.65. The summed E-state index contributed by atoms with van der Waals surface area (Å²) in [6.45, 7) is 15.5. The summed E-state index contributed by atoms with van der Waals surface area (Å²) in [6, 6.07) is 1.01. The lowest BCUT2D eigenvalue weighted by atomic mass is 10.4. The molecule has 0 aromatic rings. The molecule has 0 amide bonds. The van der Waals surface area contributed by atoms with Crippen LogP contribution in [0.5, 0.6) is 0 Å². The molecular weight excluding hydrogens is 268 g/mol. The highest BCUT2D eigenvalue weighted by Gasteiger charge is 2.30. The summed E-state index contributed by atoms with van der Waals surface area (Å²) in [4.78, 5) is 0. The zero-order valence-corrected chi connectivity index (χ0v) is 15.0. The molecule has 0 radical (unpaired) electrons. The summed E-state index contributed by atoms with van der Waals surface area (Å²) in [7, 11) is -2.00. The van der Waals surface area contributed by atoms with Crippen molar-refractivity contribution in [2.24, 2.45) is 0 Å². The molecule has 0 aliphatic carbocycles. The Kier molecular flexibility index (Phi) is 12.5. The molecule has 0 heterocycles. The molecule has 0 fully saturated rings. The lowest BCUT2D eigenvalue weighted by Crippen LogP contribution is -2.39. The summed E-state index contributed by atoms with van der Waals surface area (Å²) < 4.78 is 17.7. The van der Waals surface area contributed by atoms with E-state index in [2.05, 4.69) is 27.0 Å². The first kappa shape index (κ1) is 19.8. The molecule has 3 nitrogen and oxygen atoms in total. The quantitative estimate of drug-likeness (QED) is 0.265. The Hall–Kier alpha value is -0.163. The molecule has 0 aromatic carbocycles. The van der Waals surface area contributed by atoms with Gasteiger partial charge in [0.2, 0.25) is 0 Å². The molecule has 0 saturated carbocycles. The van der Waals surface area contributed by atoms with Crippen molar-refractivity contribution < 1.29 is 13.6 Å². The average Bonchev–Trinajstić information content (AvgIpc) is 2.39. The topological polar surface area (TPSA) is 27.7 Å². The maximum Gasteiger partial charge on any atom is 0.335 e. The van der Waals surface area contributed by atoms with E-state index in [1.807, 2.05) is 6.92 Å². The number of rotatable bonds is 14. The smallest absolute Gasteiger partial charge is 0.335 e. The fraction of sp³-hybridized carbons (Fsp3) is 0.875. The van der Waals surface area contributed by atoms with Crippen molar-refractivity contribution in [3.63, 3.8) is 0 Å². The minimum atomic E-state index is -2.00. The molecule has 0 aliphatic heterocycles. The Morgan fingerprint density at radius 2 is 1.50 bits per heavy atom. The maximum absolute atomic E-state index is 6.09. The van der Waals surface area contributed by atoms with E-state index in [1.165, 1.54) is 12.8 Å². The first-order valence-corrected chi connectivity index (χ1v) is 10.6. The summed E-state index contributed by atoms with van der Waals surface area (Å²) in [5, 5.41) is 0. The Bertz CT molecular complexity index is 234. The van der Waals surface area contributed by atoms with Gasteiger partial charge in [-0.1, -0.05) is 38.8 Å². The Morgan fingerprint density at radius 1 is 0.950 bits per heavy atom. The standard InChI is InChI=1S/C16H34O3Si/c1-6-8-12-18-20(5,19-13-9-7-2)14-10-11-17-15-16(3)4/h3,6-15H2,1-2,4-5H3. The van der Waals surface area contributed by atoms with Crippen molar-refractivity contribution in [2.45, 2.75) is 65.5 Å². The molecule has 0 bridgehead atoms. The molecule has 0 unspecified atom stereocenters. The minimum absolute atomic E-state index is 0.658. The van der Waals surface area contributed by atoms with Crippen molar-refractivity contribution in [2.75, 3.05) is 26.4 Å². The zero-order valence-electron chi connectivity index (χ0n) is 14.0. The first-order valence-electron chi connectivity index (χ1n) is 8.04. The number of hydrogen-bond donors (Lipinski definition) is 0. The van der Waals surface area contributed by atoms with Crippen LogP contribution in [-0.4, -0.2) is 35.0 Å². The highest BCUT2D eigenvalue weighted by atomic mass is 28.4. The SMILES string of the molecule is C=C(C)COCCC[Si](C)(OCCCC)OCCCC. The normalized spacial score (nSPS) is 11.8. The Morgan fingerprint density at radius 3 is 1.95 bits per heavy atom. The molecule has 120 valence electrons. The molecule has 20 heavy (non-hydrogen) atoms. The molecular formula is C16H34O3Si. The van der Waals surface area contributed by atoms with Crippen molar-refractivity contribution in [3.05, 3.63) is 12.2 Å². The van der Waals surface area contributed by atoms with Crippen LogP contribution in [0.1, 0.15) is 52.9 Å². The molecule has 0 spiro atoms. The van der Waals surface area contributed by atoms with E-state index in [4.69, 9.17) is 13.6 Å². The molecule has 0 atom stereocenters. The van der Waals surface area contributed by atoms with Crippen LogP contribution < -0.4 is 0 Å². The van der Waals surface area contributed by atoms with Gasteiger partial charge in [0.15, 0.2) is 0 Å². The third kappa shape index (κ3) is 11.6. The lowest BCUT2D eigenvalue weighted by molar-refractivity contribution is 0.143. The predicted molar refractivity (Wildman–Crippen MR) is 88.4 cm³/mol. The number of hydrogen-bond acceptors (Lipinski definition) is 3. The highest BCUT2D eigenvalue weighted by molar-refractivity contribution is 6.66. The van der Waals surface area contributed by atoms with Gasteiger partial charge in [-0.2, -0.15) is 0 Å². The third-order valence-corrected chi connectivity index (χ3v) is 5.97. The van der Waals surface area contributed by atoms with Crippen molar-refractivity contribution >= 4 is 8.56 Å². The average molecular weight is 303 g/mol. The molecule has 4 heteroatoms. The molecule has 0 rings (SSSR count). The van der Waals surface area contributed by atoms with Gasteiger partial charge in [-0.3, -0.25) is 0 Å². The second-order valence-corrected chi connectivity index (χ2v) is 9.00. The van der Waals surface area contributed by atoms with Crippen molar-refractivity contribution in [1.82, 2.24) is 0 Å². The van der Waals surface area contributed by atoms with Gasteiger partial charge < -0.3 is 13.6 Å². The summed E-state index contributed by atoms with van der Waals surface area (Å²) in [5.41, 5.74) is 1.07. The Balaban J connectivity index is 3.98. The maximum atomic E-state index is 6.09. The van der Waals surface area contributed by atoms with Crippen molar-refractivity contribution in [1.29, 1.82) is 0 Å². The van der Waals surface area contributed by atoms with Crippen LogP contribution in [0.2, 0.25) is 12.6 Å². The number of unbranched alkanes of at least 4 members (excludes halogenated alkanes) is 2. The van der Waals surface area contributed by atoms with Crippen LogP contribution >= 0.6 is 0 Å². The van der Waals surface area contributed by atoms with Crippen LogP contribution in [0.15, 0.2) is 12.2 Å². The monoisotopic (exact) mass is 302 g/mol. The van der Waals surface area contributed by atoms with E-state index in [-0.39, 0.29) is 0 Å². The van der Waals surface area contributed by atoms with Crippen LogP contribution in [-0.2, 0) is 13.6 Å². The van der Waals surface area contributed by atoms with E-state index in [0.29, 0.717) is 6.61 Å². The van der Waals surface area contributed by atoms with E-state index in [9.17, 15) is 0 Å². The van der Waals surface area contributed by atoms with Crippen LogP contribution in [0.4, 0.5) is 0 Å². The van der Waals surface area contributed by atoms with Gasteiger partial charge in [0.05, 0.1) is 6.61 Å². The third-order valence-electron chi connectivity index (χ3n) is 3.08. The van der Waals surface area contributed by atoms with Gasteiger partial charge in [0.1, 0.15) is 0 Å². The zero-order chi connectivity index (χ0) is 15.3. The molecule has 0 saturated heterocycles. The van der Waals surface area contributed by atoms with Gasteiger partial charge in [0, 0.05) is 19.8 Å². The Labute approximate surface area is 126 Å². The summed E-state index contributed by atoms with van der Waals surface area (Å²) in [6.07, 6.45) is 5.58. The molecule has 0 N–H and O–H groups in total.